The Morgan fingerprint density at radius 3 is 2.44 bits per heavy atom. The summed E-state index contributed by atoms with van der Waals surface area (Å²) in [6, 6.07) is 4.18. The van der Waals surface area contributed by atoms with Crippen molar-refractivity contribution in [3.63, 3.8) is 0 Å². The third kappa shape index (κ3) is 2.43. The molecule has 1 atom stereocenters. The summed E-state index contributed by atoms with van der Waals surface area (Å²) in [6.45, 7) is 6.18. The largest absolute Gasteiger partial charge is 0.388 e. The van der Waals surface area contributed by atoms with Crippen LogP contribution in [-0.4, -0.2) is 19.9 Å². The number of rotatable bonds is 3. The van der Waals surface area contributed by atoms with E-state index in [1.165, 1.54) is 17.5 Å². The lowest BCUT2D eigenvalue weighted by atomic mass is 9.96. The van der Waals surface area contributed by atoms with E-state index < -0.39 is 6.10 Å². The lowest BCUT2D eigenvalue weighted by Crippen LogP contribution is -2.09. The van der Waals surface area contributed by atoms with E-state index in [1.807, 2.05) is 14.0 Å². The molecule has 0 aliphatic carbocycles. The summed E-state index contributed by atoms with van der Waals surface area (Å²) in [5, 5.41) is 14.3. The topological polar surface area (TPSA) is 50.9 Å². The van der Waals surface area contributed by atoms with Gasteiger partial charge in [0.25, 0.3) is 0 Å². The number of aromatic nitrogens is 3. The molecule has 0 aliphatic heterocycles. The fourth-order valence-corrected chi connectivity index (χ4v) is 2.13. The molecular formula is C14H19N3O. The molecule has 0 saturated heterocycles. The van der Waals surface area contributed by atoms with Gasteiger partial charge in [0.2, 0.25) is 0 Å². The molecule has 4 heteroatoms. The van der Waals surface area contributed by atoms with Crippen LogP contribution in [-0.2, 0) is 13.5 Å². The van der Waals surface area contributed by atoms with Gasteiger partial charge in [-0.05, 0) is 43.0 Å². The Morgan fingerprint density at radius 2 is 1.83 bits per heavy atom. The van der Waals surface area contributed by atoms with E-state index in [0.29, 0.717) is 6.42 Å². The average Bonchev–Trinajstić information content (AvgIpc) is 2.69. The molecule has 0 spiro atoms. The molecule has 96 valence electrons. The number of hydrogen-bond donors (Lipinski definition) is 1. The van der Waals surface area contributed by atoms with E-state index in [0.717, 1.165) is 17.0 Å². The van der Waals surface area contributed by atoms with Crippen LogP contribution in [0.5, 0.6) is 0 Å². The molecule has 0 saturated carbocycles. The quantitative estimate of drug-likeness (QED) is 0.900. The molecule has 1 unspecified atom stereocenters. The maximum atomic E-state index is 10.3. The molecular weight excluding hydrogens is 226 g/mol. The zero-order valence-corrected chi connectivity index (χ0v) is 11.3. The first-order valence-corrected chi connectivity index (χ1v) is 6.07. The summed E-state index contributed by atoms with van der Waals surface area (Å²) in [6.07, 6.45) is 1.46. The Bertz CT molecular complexity index is 560. The maximum absolute atomic E-state index is 10.3. The van der Waals surface area contributed by atoms with Crippen molar-refractivity contribution in [3.05, 3.63) is 46.5 Å². The summed E-state index contributed by atoms with van der Waals surface area (Å²) in [7, 11) is 1.84. The minimum absolute atomic E-state index is 0.486. The van der Waals surface area contributed by atoms with Crippen LogP contribution < -0.4 is 0 Å². The number of nitrogens with zero attached hydrogens (tertiary/aromatic N) is 3. The Kier molecular flexibility index (Phi) is 3.48. The van der Waals surface area contributed by atoms with Crippen LogP contribution in [0.3, 0.4) is 0 Å². The Balaban J connectivity index is 2.26. The number of aryl methyl sites for hydroxylation is 4. The van der Waals surface area contributed by atoms with Gasteiger partial charge in [-0.2, -0.15) is 5.10 Å². The fourth-order valence-electron chi connectivity index (χ4n) is 2.13. The molecule has 0 aliphatic rings. The van der Waals surface area contributed by atoms with Crippen molar-refractivity contribution in [1.82, 2.24) is 14.8 Å². The number of benzene rings is 1. The zero-order chi connectivity index (χ0) is 13.3. The normalized spacial score (nSPS) is 12.7. The number of hydrogen-bond acceptors (Lipinski definition) is 3. The summed E-state index contributed by atoms with van der Waals surface area (Å²) in [5.41, 5.74) is 4.54. The molecule has 0 bridgehead atoms. The van der Waals surface area contributed by atoms with Crippen molar-refractivity contribution in [2.24, 2.45) is 7.05 Å². The second kappa shape index (κ2) is 4.90. The number of aliphatic hydroxyl groups excluding tert-OH is 1. The predicted molar refractivity (Wildman–Crippen MR) is 70.3 cm³/mol. The third-order valence-corrected chi connectivity index (χ3v) is 3.42. The molecule has 1 heterocycles. The zero-order valence-electron chi connectivity index (χ0n) is 11.3. The van der Waals surface area contributed by atoms with Gasteiger partial charge in [-0.3, -0.25) is 4.68 Å². The van der Waals surface area contributed by atoms with E-state index in [-0.39, 0.29) is 0 Å². The van der Waals surface area contributed by atoms with E-state index in [2.05, 4.69) is 36.1 Å². The van der Waals surface area contributed by atoms with Gasteiger partial charge in [-0.1, -0.05) is 12.1 Å². The Labute approximate surface area is 107 Å². The molecule has 0 amide bonds. The van der Waals surface area contributed by atoms with Gasteiger partial charge in [0.05, 0.1) is 6.10 Å². The lowest BCUT2D eigenvalue weighted by Gasteiger charge is -2.15. The van der Waals surface area contributed by atoms with Crippen LogP contribution >= 0.6 is 0 Å². The van der Waals surface area contributed by atoms with Crippen molar-refractivity contribution < 1.29 is 5.11 Å². The predicted octanol–water partition coefficient (Wildman–Crippen LogP) is 2.02. The van der Waals surface area contributed by atoms with Gasteiger partial charge < -0.3 is 5.11 Å². The highest BCUT2D eigenvalue weighted by atomic mass is 16.3. The summed E-state index contributed by atoms with van der Waals surface area (Å²) >= 11 is 0. The highest BCUT2D eigenvalue weighted by molar-refractivity contribution is 5.37. The first kappa shape index (κ1) is 12.8. The fraction of sp³-hybridized carbons (Fsp3) is 0.429. The highest BCUT2D eigenvalue weighted by Gasteiger charge is 2.15. The van der Waals surface area contributed by atoms with Crippen LogP contribution in [0.15, 0.2) is 18.5 Å². The lowest BCUT2D eigenvalue weighted by molar-refractivity contribution is 0.173. The average molecular weight is 245 g/mol. The molecule has 18 heavy (non-hydrogen) atoms. The molecule has 4 nitrogen and oxygen atoms in total. The van der Waals surface area contributed by atoms with Crippen molar-refractivity contribution in [2.75, 3.05) is 0 Å². The first-order valence-electron chi connectivity index (χ1n) is 6.07. The van der Waals surface area contributed by atoms with E-state index >= 15 is 0 Å². The minimum atomic E-state index is -0.535. The second-order valence-electron chi connectivity index (χ2n) is 4.81. The smallest absolute Gasteiger partial charge is 0.138 e. The van der Waals surface area contributed by atoms with Crippen LogP contribution in [0.2, 0.25) is 0 Å². The summed E-state index contributed by atoms with van der Waals surface area (Å²) in [4.78, 5) is 4.14. The monoisotopic (exact) mass is 245 g/mol. The van der Waals surface area contributed by atoms with E-state index in [9.17, 15) is 5.11 Å². The van der Waals surface area contributed by atoms with Crippen molar-refractivity contribution >= 4 is 0 Å². The van der Waals surface area contributed by atoms with Crippen molar-refractivity contribution in [2.45, 2.75) is 33.3 Å². The van der Waals surface area contributed by atoms with Crippen LogP contribution in [0.1, 0.15) is 34.2 Å². The van der Waals surface area contributed by atoms with Gasteiger partial charge in [0, 0.05) is 13.5 Å². The number of aliphatic hydroxyl groups is 1. The molecule has 1 N–H and O–H groups in total. The minimum Gasteiger partial charge on any atom is -0.388 e. The first-order chi connectivity index (χ1) is 8.49. The molecule has 0 fully saturated rings. The van der Waals surface area contributed by atoms with E-state index in [1.54, 1.807) is 4.68 Å². The van der Waals surface area contributed by atoms with Crippen LogP contribution in [0.4, 0.5) is 0 Å². The van der Waals surface area contributed by atoms with Gasteiger partial charge in [-0.15, -0.1) is 0 Å². The second-order valence-corrected chi connectivity index (χ2v) is 4.81. The Morgan fingerprint density at radius 1 is 1.17 bits per heavy atom. The Hall–Kier alpha value is -1.68. The molecule has 1 aromatic heterocycles. The summed E-state index contributed by atoms with van der Waals surface area (Å²) in [5.74, 6) is 0.792. The summed E-state index contributed by atoms with van der Waals surface area (Å²) < 4.78 is 1.69. The molecule has 2 rings (SSSR count). The van der Waals surface area contributed by atoms with Gasteiger partial charge in [0.15, 0.2) is 0 Å². The molecule has 2 aromatic rings. The standard InChI is InChI=1S/C14H19N3O/c1-9-5-11(3)12(6-10(9)2)13(18)7-14-15-8-16-17(14)4/h5-6,8,13,18H,7H2,1-4H3. The van der Waals surface area contributed by atoms with Crippen molar-refractivity contribution in [1.29, 1.82) is 0 Å². The SMILES string of the molecule is Cc1cc(C)c(C(O)Cc2ncnn2C)cc1C. The van der Waals surface area contributed by atoms with E-state index in [4.69, 9.17) is 0 Å². The maximum Gasteiger partial charge on any atom is 0.138 e. The molecule has 1 aromatic carbocycles. The van der Waals surface area contributed by atoms with Crippen LogP contribution in [0.25, 0.3) is 0 Å². The van der Waals surface area contributed by atoms with Gasteiger partial charge >= 0.3 is 0 Å². The van der Waals surface area contributed by atoms with Crippen molar-refractivity contribution in [3.8, 4) is 0 Å². The molecule has 0 radical (unpaired) electrons. The van der Waals surface area contributed by atoms with Gasteiger partial charge in [-0.25, -0.2) is 4.98 Å². The highest BCUT2D eigenvalue weighted by Crippen LogP contribution is 2.23. The van der Waals surface area contributed by atoms with Gasteiger partial charge in [0.1, 0.15) is 12.2 Å². The third-order valence-electron chi connectivity index (χ3n) is 3.42. The van der Waals surface area contributed by atoms with Crippen LogP contribution in [0, 0.1) is 20.8 Å².